The van der Waals surface area contributed by atoms with Crippen LogP contribution in [0.25, 0.3) is 0 Å². The fourth-order valence-electron chi connectivity index (χ4n) is 1.38. The second-order valence-electron chi connectivity index (χ2n) is 3.39. The highest BCUT2D eigenvalue weighted by atomic mass is 16.5. The fraction of sp³-hybridized carbons (Fsp3) is 0.167. The van der Waals surface area contributed by atoms with Gasteiger partial charge in [0.25, 0.3) is 0 Å². The van der Waals surface area contributed by atoms with Crippen LogP contribution in [0.3, 0.4) is 0 Å². The number of hydrogen-bond donors (Lipinski definition) is 0. The van der Waals surface area contributed by atoms with Crippen LogP contribution >= 0.6 is 0 Å². The second-order valence-corrected chi connectivity index (χ2v) is 3.39. The summed E-state index contributed by atoms with van der Waals surface area (Å²) in [4.78, 5) is 23.8. The summed E-state index contributed by atoms with van der Waals surface area (Å²) in [6, 6.07) is 3.08. The Morgan fingerprint density at radius 1 is 1.11 bits per heavy atom. The summed E-state index contributed by atoms with van der Waals surface area (Å²) >= 11 is 0. The molecule has 92 valence electrons. The van der Waals surface area contributed by atoms with Crippen molar-refractivity contribution in [2.75, 3.05) is 14.2 Å². The zero-order valence-corrected chi connectivity index (χ0v) is 9.95. The zero-order valence-electron chi connectivity index (χ0n) is 9.95. The second kappa shape index (κ2) is 5.22. The van der Waals surface area contributed by atoms with E-state index < -0.39 is 0 Å². The lowest BCUT2D eigenvalue weighted by atomic mass is 10.1. The van der Waals surface area contributed by atoms with Gasteiger partial charge in [-0.15, -0.1) is 0 Å². The number of carbonyl (C=O) groups is 1. The molecule has 0 spiro atoms. The summed E-state index contributed by atoms with van der Waals surface area (Å²) in [5.74, 6) is 0.591. The standard InChI is InChI=1S/C12H11N3O3/c1-17-9-3-8(5-13-6-9)12(16)10-4-11(18-2)15-7-14-10/h3-7H,1-2H3. The third kappa shape index (κ3) is 2.42. The van der Waals surface area contributed by atoms with Crippen LogP contribution < -0.4 is 9.47 Å². The van der Waals surface area contributed by atoms with E-state index >= 15 is 0 Å². The van der Waals surface area contributed by atoms with Gasteiger partial charge in [0.05, 0.1) is 20.4 Å². The topological polar surface area (TPSA) is 74.2 Å². The van der Waals surface area contributed by atoms with Crippen molar-refractivity contribution in [3.63, 3.8) is 0 Å². The van der Waals surface area contributed by atoms with Crippen molar-refractivity contribution in [2.24, 2.45) is 0 Å². The van der Waals surface area contributed by atoms with Crippen LogP contribution in [0.2, 0.25) is 0 Å². The van der Waals surface area contributed by atoms with Gasteiger partial charge < -0.3 is 9.47 Å². The average molecular weight is 245 g/mol. The molecule has 2 heterocycles. The molecular formula is C12H11N3O3. The Morgan fingerprint density at radius 3 is 2.67 bits per heavy atom. The average Bonchev–Trinajstić information content (AvgIpc) is 2.46. The Kier molecular flexibility index (Phi) is 3.47. The van der Waals surface area contributed by atoms with E-state index in [4.69, 9.17) is 9.47 Å². The van der Waals surface area contributed by atoms with Crippen molar-refractivity contribution in [1.29, 1.82) is 0 Å². The lowest BCUT2D eigenvalue weighted by molar-refractivity contribution is 0.103. The van der Waals surface area contributed by atoms with Crippen molar-refractivity contribution < 1.29 is 14.3 Å². The molecule has 0 aliphatic heterocycles. The van der Waals surface area contributed by atoms with E-state index in [-0.39, 0.29) is 11.5 Å². The molecule has 0 aliphatic rings. The van der Waals surface area contributed by atoms with E-state index in [1.165, 1.54) is 39.0 Å². The van der Waals surface area contributed by atoms with Crippen molar-refractivity contribution in [1.82, 2.24) is 15.0 Å². The van der Waals surface area contributed by atoms with Crippen molar-refractivity contribution in [3.05, 3.63) is 42.1 Å². The maximum absolute atomic E-state index is 12.1. The first kappa shape index (κ1) is 12.0. The number of methoxy groups -OCH3 is 2. The van der Waals surface area contributed by atoms with Gasteiger partial charge in [0.1, 0.15) is 17.8 Å². The van der Waals surface area contributed by atoms with Gasteiger partial charge in [-0.05, 0) is 6.07 Å². The highest BCUT2D eigenvalue weighted by molar-refractivity contribution is 6.07. The summed E-state index contributed by atoms with van der Waals surface area (Å²) < 4.78 is 9.96. The van der Waals surface area contributed by atoms with Crippen LogP contribution in [-0.2, 0) is 0 Å². The molecule has 0 N–H and O–H groups in total. The Morgan fingerprint density at radius 2 is 1.94 bits per heavy atom. The summed E-state index contributed by atoms with van der Waals surface area (Å²) in [5, 5.41) is 0. The number of carbonyl (C=O) groups excluding carboxylic acids is 1. The molecule has 2 aromatic rings. The van der Waals surface area contributed by atoms with Gasteiger partial charge in [-0.3, -0.25) is 9.78 Å². The smallest absolute Gasteiger partial charge is 0.216 e. The Bertz CT molecular complexity index is 522. The highest BCUT2D eigenvalue weighted by Gasteiger charge is 2.13. The maximum Gasteiger partial charge on any atom is 0.216 e. The molecule has 0 fully saturated rings. The minimum Gasteiger partial charge on any atom is -0.495 e. The van der Waals surface area contributed by atoms with Crippen LogP contribution in [0, 0.1) is 0 Å². The van der Waals surface area contributed by atoms with Gasteiger partial charge >= 0.3 is 0 Å². The molecular weight excluding hydrogens is 234 g/mol. The SMILES string of the molecule is COc1cncc(C(=O)c2cc(OC)ncn2)c1. The first-order chi connectivity index (χ1) is 8.74. The highest BCUT2D eigenvalue weighted by Crippen LogP contribution is 2.15. The predicted octanol–water partition coefficient (Wildman–Crippen LogP) is 1.12. The molecule has 18 heavy (non-hydrogen) atoms. The summed E-state index contributed by atoms with van der Waals surface area (Å²) in [6.45, 7) is 0. The number of ketones is 1. The molecule has 0 amide bonds. The molecule has 0 atom stereocenters. The number of hydrogen-bond acceptors (Lipinski definition) is 6. The molecule has 0 radical (unpaired) electrons. The number of ether oxygens (including phenoxy) is 2. The molecule has 0 saturated carbocycles. The lowest BCUT2D eigenvalue weighted by Gasteiger charge is -2.03. The molecule has 0 aromatic carbocycles. The van der Waals surface area contributed by atoms with E-state index in [2.05, 4.69) is 15.0 Å². The number of pyridine rings is 1. The predicted molar refractivity (Wildman–Crippen MR) is 62.8 cm³/mol. The van der Waals surface area contributed by atoms with Crippen LogP contribution in [0.15, 0.2) is 30.9 Å². The molecule has 0 bridgehead atoms. The molecule has 6 heteroatoms. The van der Waals surface area contributed by atoms with E-state index in [0.717, 1.165) is 0 Å². The van der Waals surface area contributed by atoms with Gasteiger partial charge in [-0.25, -0.2) is 9.97 Å². The van der Waals surface area contributed by atoms with E-state index in [0.29, 0.717) is 17.2 Å². The Hall–Kier alpha value is -2.50. The fourth-order valence-corrected chi connectivity index (χ4v) is 1.38. The third-order valence-electron chi connectivity index (χ3n) is 2.29. The van der Waals surface area contributed by atoms with Crippen LogP contribution in [-0.4, -0.2) is 35.0 Å². The summed E-state index contributed by atoms with van der Waals surface area (Å²) in [5.41, 5.74) is 0.645. The van der Waals surface area contributed by atoms with Crippen molar-refractivity contribution in [2.45, 2.75) is 0 Å². The van der Waals surface area contributed by atoms with E-state index in [1.54, 1.807) is 6.07 Å². The quantitative estimate of drug-likeness (QED) is 0.751. The summed E-state index contributed by atoms with van der Waals surface area (Å²) in [7, 11) is 2.99. The van der Waals surface area contributed by atoms with Gasteiger partial charge in [0.15, 0.2) is 0 Å². The molecule has 0 aliphatic carbocycles. The molecule has 2 aromatic heterocycles. The van der Waals surface area contributed by atoms with E-state index in [1.807, 2.05) is 0 Å². The van der Waals surface area contributed by atoms with Crippen LogP contribution in [0.5, 0.6) is 11.6 Å². The van der Waals surface area contributed by atoms with Crippen molar-refractivity contribution >= 4 is 5.78 Å². The maximum atomic E-state index is 12.1. The minimum atomic E-state index is -0.262. The molecule has 0 unspecified atom stereocenters. The molecule has 0 saturated heterocycles. The van der Waals surface area contributed by atoms with Crippen molar-refractivity contribution in [3.8, 4) is 11.6 Å². The van der Waals surface area contributed by atoms with Crippen LogP contribution in [0.4, 0.5) is 0 Å². The third-order valence-corrected chi connectivity index (χ3v) is 2.29. The van der Waals surface area contributed by atoms with Gasteiger partial charge in [0.2, 0.25) is 11.7 Å². The Labute approximate surface area is 104 Å². The lowest BCUT2D eigenvalue weighted by Crippen LogP contribution is -2.06. The Balaban J connectivity index is 2.34. The number of rotatable bonds is 4. The monoisotopic (exact) mass is 245 g/mol. The first-order valence-corrected chi connectivity index (χ1v) is 5.14. The first-order valence-electron chi connectivity index (χ1n) is 5.14. The van der Waals surface area contributed by atoms with Gasteiger partial charge in [-0.1, -0.05) is 0 Å². The van der Waals surface area contributed by atoms with Crippen LogP contribution in [0.1, 0.15) is 16.1 Å². The minimum absolute atomic E-state index is 0.247. The van der Waals surface area contributed by atoms with Gasteiger partial charge in [-0.2, -0.15) is 0 Å². The largest absolute Gasteiger partial charge is 0.495 e. The van der Waals surface area contributed by atoms with Gasteiger partial charge in [0, 0.05) is 17.8 Å². The molecule has 2 rings (SSSR count). The zero-order chi connectivity index (χ0) is 13.0. The normalized spacial score (nSPS) is 9.89. The number of aromatic nitrogens is 3. The molecule has 6 nitrogen and oxygen atoms in total. The summed E-state index contributed by atoms with van der Waals surface area (Å²) in [6.07, 6.45) is 4.26. The van der Waals surface area contributed by atoms with E-state index in [9.17, 15) is 4.79 Å². The number of nitrogens with zero attached hydrogens (tertiary/aromatic N) is 3.